The van der Waals surface area contributed by atoms with E-state index in [1.54, 1.807) is 0 Å². The first-order chi connectivity index (χ1) is 14.0. The van der Waals surface area contributed by atoms with Crippen molar-refractivity contribution in [2.24, 2.45) is 10.4 Å². The molecule has 172 valence electrons. The minimum atomic E-state index is -3.37. The summed E-state index contributed by atoms with van der Waals surface area (Å²) in [4.78, 5) is 4.71. The maximum Gasteiger partial charge on any atom is 0.213 e. The number of halogens is 1. The molecule has 0 amide bonds. The molecule has 0 radical (unpaired) electrons. The quantitative estimate of drug-likeness (QED) is 0.192. The number of aliphatic hydroxyl groups is 1. The Hall–Kier alpha value is -0.910. The van der Waals surface area contributed by atoms with Gasteiger partial charge in [0.25, 0.3) is 0 Å². The third-order valence-corrected chi connectivity index (χ3v) is 6.80. The van der Waals surface area contributed by atoms with Gasteiger partial charge < -0.3 is 15.7 Å². The van der Waals surface area contributed by atoms with E-state index in [9.17, 15) is 13.5 Å². The van der Waals surface area contributed by atoms with Crippen molar-refractivity contribution in [1.82, 2.24) is 15.4 Å². The molecule has 4 N–H and O–H groups in total. The zero-order valence-electron chi connectivity index (χ0n) is 17.9. The van der Waals surface area contributed by atoms with Crippen LogP contribution in [0.5, 0.6) is 0 Å². The van der Waals surface area contributed by atoms with Crippen LogP contribution >= 0.6 is 24.0 Å². The fourth-order valence-electron chi connectivity index (χ4n) is 3.78. The fraction of sp³-hybridized carbons (Fsp3) is 0.667. The van der Waals surface area contributed by atoms with Crippen LogP contribution in [0, 0.1) is 5.41 Å². The smallest absolute Gasteiger partial charge is 0.213 e. The second kappa shape index (κ2) is 14.2. The summed E-state index contributed by atoms with van der Waals surface area (Å²) in [5.41, 5.74) is 0.999. The second-order valence-corrected chi connectivity index (χ2v) is 9.71. The molecule has 0 aromatic heterocycles. The van der Waals surface area contributed by atoms with Gasteiger partial charge in [0.2, 0.25) is 10.0 Å². The lowest BCUT2D eigenvalue weighted by Crippen LogP contribution is -2.42. The van der Waals surface area contributed by atoms with Crippen LogP contribution in [0.1, 0.15) is 51.0 Å². The molecule has 1 aliphatic carbocycles. The lowest BCUT2D eigenvalue weighted by molar-refractivity contribution is 0.137. The Balaban J connectivity index is 0.00000450. The molecule has 0 heterocycles. The van der Waals surface area contributed by atoms with Gasteiger partial charge in [-0.3, -0.25) is 4.99 Å². The molecule has 0 spiro atoms. The normalized spacial score (nSPS) is 16.5. The van der Waals surface area contributed by atoms with Gasteiger partial charge in [-0.15, -0.1) is 24.0 Å². The topological polar surface area (TPSA) is 103 Å². The lowest BCUT2D eigenvalue weighted by atomic mass is 9.72. The molecule has 30 heavy (non-hydrogen) atoms. The minimum Gasteiger partial charge on any atom is -0.396 e. The van der Waals surface area contributed by atoms with Gasteiger partial charge in [0.15, 0.2) is 5.96 Å². The van der Waals surface area contributed by atoms with Gasteiger partial charge in [-0.25, -0.2) is 13.1 Å². The average molecular weight is 553 g/mol. The molecule has 0 aliphatic heterocycles. The maximum absolute atomic E-state index is 12.2. The molecule has 1 aromatic rings. The number of rotatable bonds is 11. The SMILES string of the molecule is CCNC(=NCC1(CCO)CCCCC1)NCCS(=O)(=O)NCc1ccccc1.I. The summed E-state index contributed by atoms with van der Waals surface area (Å²) in [5, 5.41) is 15.8. The van der Waals surface area contributed by atoms with Crippen LogP contribution < -0.4 is 15.4 Å². The maximum atomic E-state index is 12.2. The zero-order valence-corrected chi connectivity index (χ0v) is 21.0. The highest BCUT2D eigenvalue weighted by Gasteiger charge is 2.31. The summed E-state index contributed by atoms with van der Waals surface area (Å²) in [5.74, 6) is 0.611. The Morgan fingerprint density at radius 1 is 1.13 bits per heavy atom. The number of hydrogen-bond acceptors (Lipinski definition) is 4. The first-order valence-corrected chi connectivity index (χ1v) is 12.3. The van der Waals surface area contributed by atoms with Gasteiger partial charge in [-0.1, -0.05) is 49.6 Å². The van der Waals surface area contributed by atoms with E-state index in [4.69, 9.17) is 4.99 Å². The summed E-state index contributed by atoms with van der Waals surface area (Å²) in [6.45, 7) is 4.11. The molecular weight excluding hydrogens is 515 g/mol. The molecule has 0 bridgehead atoms. The minimum absolute atomic E-state index is 0. The Morgan fingerprint density at radius 2 is 1.83 bits per heavy atom. The Morgan fingerprint density at radius 3 is 2.47 bits per heavy atom. The molecule has 0 saturated heterocycles. The number of nitrogens with one attached hydrogen (secondary N) is 3. The van der Waals surface area contributed by atoms with Gasteiger partial charge in [-0.05, 0) is 37.2 Å². The van der Waals surface area contributed by atoms with E-state index < -0.39 is 10.0 Å². The molecule has 0 atom stereocenters. The first kappa shape index (κ1) is 27.1. The average Bonchev–Trinajstić information content (AvgIpc) is 2.72. The number of guanidine groups is 1. The van der Waals surface area contributed by atoms with Crippen LogP contribution in [0.2, 0.25) is 0 Å². The standard InChI is InChI=1S/C21H36N4O3S.HI/c1-2-22-20(24-18-21(13-15-26)11-7-4-8-12-21)23-14-16-29(27,28)25-17-19-9-5-3-6-10-19;/h3,5-6,9-10,25-26H,2,4,7-8,11-18H2,1H3,(H2,22,23,24);1H. The Labute approximate surface area is 198 Å². The van der Waals surface area contributed by atoms with E-state index in [2.05, 4.69) is 15.4 Å². The van der Waals surface area contributed by atoms with Crippen LogP contribution in [0.25, 0.3) is 0 Å². The second-order valence-electron chi connectivity index (χ2n) is 7.78. The third-order valence-electron chi connectivity index (χ3n) is 5.48. The Bertz CT molecular complexity index is 718. The summed E-state index contributed by atoms with van der Waals surface area (Å²) in [7, 11) is -3.37. The van der Waals surface area contributed by atoms with Crippen molar-refractivity contribution in [3.8, 4) is 0 Å². The van der Waals surface area contributed by atoms with Crippen LogP contribution in [0.4, 0.5) is 0 Å². The molecule has 2 rings (SSSR count). The van der Waals surface area contributed by atoms with Crippen LogP contribution in [-0.4, -0.2) is 51.5 Å². The highest BCUT2D eigenvalue weighted by molar-refractivity contribution is 14.0. The van der Waals surface area contributed by atoms with Gasteiger partial charge in [0.05, 0.1) is 5.75 Å². The summed E-state index contributed by atoms with van der Waals surface area (Å²) in [6.07, 6.45) is 6.58. The zero-order chi connectivity index (χ0) is 21.0. The number of benzene rings is 1. The molecule has 7 nitrogen and oxygen atoms in total. The number of nitrogens with zero attached hydrogens (tertiary/aromatic N) is 1. The van der Waals surface area contributed by atoms with Crippen molar-refractivity contribution in [2.75, 3.05) is 32.0 Å². The van der Waals surface area contributed by atoms with E-state index in [0.29, 0.717) is 25.6 Å². The van der Waals surface area contributed by atoms with Gasteiger partial charge in [0.1, 0.15) is 0 Å². The van der Waals surface area contributed by atoms with Crippen molar-refractivity contribution in [3.63, 3.8) is 0 Å². The van der Waals surface area contributed by atoms with Crippen molar-refractivity contribution in [2.45, 2.75) is 52.0 Å². The van der Waals surface area contributed by atoms with E-state index in [-0.39, 0.29) is 48.3 Å². The van der Waals surface area contributed by atoms with Crippen LogP contribution in [-0.2, 0) is 16.6 Å². The summed E-state index contributed by atoms with van der Waals surface area (Å²) < 4.78 is 27.1. The molecule has 9 heteroatoms. The number of aliphatic imine (C=N–C) groups is 1. The largest absolute Gasteiger partial charge is 0.396 e. The molecule has 1 aliphatic rings. The molecule has 1 fully saturated rings. The van der Waals surface area contributed by atoms with Gasteiger partial charge in [-0.2, -0.15) is 0 Å². The molecule has 1 saturated carbocycles. The summed E-state index contributed by atoms with van der Waals surface area (Å²) in [6, 6.07) is 9.47. The number of sulfonamides is 1. The number of aliphatic hydroxyl groups excluding tert-OH is 1. The monoisotopic (exact) mass is 552 g/mol. The third kappa shape index (κ3) is 9.93. The van der Waals surface area contributed by atoms with E-state index in [1.165, 1.54) is 19.3 Å². The van der Waals surface area contributed by atoms with Crippen molar-refractivity contribution in [3.05, 3.63) is 35.9 Å². The fourth-order valence-corrected chi connectivity index (χ4v) is 4.68. The molecule has 1 aromatic carbocycles. The van der Waals surface area contributed by atoms with Crippen molar-refractivity contribution >= 4 is 40.0 Å². The number of hydrogen-bond donors (Lipinski definition) is 4. The predicted molar refractivity (Wildman–Crippen MR) is 134 cm³/mol. The Kier molecular flexibility index (Phi) is 12.8. The highest BCUT2D eigenvalue weighted by Crippen LogP contribution is 2.39. The van der Waals surface area contributed by atoms with Gasteiger partial charge >= 0.3 is 0 Å². The lowest BCUT2D eigenvalue weighted by Gasteiger charge is -2.35. The highest BCUT2D eigenvalue weighted by atomic mass is 127. The van der Waals surface area contributed by atoms with E-state index >= 15 is 0 Å². The van der Waals surface area contributed by atoms with Crippen LogP contribution in [0.3, 0.4) is 0 Å². The van der Waals surface area contributed by atoms with Gasteiger partial charge in [0, 0.05) is 32.8 Å². The predicted octanol–water partition coefficient (Wildman–Crippen LogP) is 2.61. The van der Waals surface area contributed by atoms with Crippen LogP contribution in [0.15, 0.2) is 35.3 Å². The first-order valence-electron chi connectivity index (χ1n) is 10.6. The molecular formula is C21H37IN4O3S. The van der Waals surface area contributed by atoms with Crippen molar-refractivity contribution < 1.29 is 13.5 Å². The molecule has 0 unspecified atom stereocenters. The van der Waals surface area contributed by atoms with Crippen molar-refractivity contribution in [1.29, 1.82) is 0 Å². The van der Waals surface area contributed by atoms with E-state index in [0.717, 1.165) is 24.8 Å². The summed E-state index contributed by atoms with van der Waals surface area (Å²) >= 11 is 0. The van der Waals surface area contributed by atoms with E-state index in [1.807, 2.05) is 37.3 Å².